The maximum absolute atomic E-state index is 14.4. The fraction of sp³-hybridized carbons (Fsp3) is 0.500. The lowest BCUT2D eigenvalue weighted by Gasteiger charge is -2.31. The number of halogens is 8. The van der Waals surface area contributed by atoms with Gasteiger partial charge >= 0.3 is 18.0 Å². The largest absolute Gasteiger partial charge is 0.483 e. The normalized spacial score (nSPS) is 15.4. The van der Waals surface area contributed by atoms with Crippen LogP contribution in [-0.2, 0) is 32.6 Å². The molecule has 234 valence electrons. The van der Waals surface area contributed by atoms with Crippen LogP contribution in [0.15, 0.2) is 47.4 Å². The van der Waals surface area contributed by atoms with E-state index in [-0.39, 0.29) is 49.1 Å². The molecular weight excluding hydrogens is 598 g/mol. The molecule has 1 saturated carbocycles. The minimum atomic E-state index is -6.22. The molecule has 1 fully saturated rings. The van der Waals surface area contributed by atoms with Gasteiger partial charge in [-0.05, 0) is 49.4 Å². The molecule has 0 bridgehead atoms. The van der Waals surface area contributed by atoms with Crippen molar-refractivity contribution in [1.82, 2.24) is 4.90 Å². The van der Waals surface area contributed by atoms with Crippen molar-refractivity contribution in [2.45, 2.75) is 74.9 Å². The third-order valence-corrected chi connectivity index (χ3v) is 8.38. The van der Waals surface area contributed by atoms with Gasteiger partial charge in [0.1, 0.15) is 5.82 Å². The van der Waals surface area contributed by atoms with E-state index in [1.807, 2.05) is 0 Å². The molecule has 3 rings (SSSR count). The van der Waals surface area contributed by atoms with E-state index in [1.54, 1.807) is 13.0 Å². The second kappa shape index (κ2) is 14.9. The van der Waals surface area contributed by atoms with E-state index in [0.29, 0.717) is 35.4 Å². The standard InChI is InChI=1S/C27H29F8NO2S.CH2O2/c1-18-8-13-22(16-23(18)28)39(38)15-5-14-36(24(37)20-6-3-2-4-7-20)17-19-9-11-21(12-10-19)25(29,26(30,31)32)27(33,34)35;2-1-3/h8-13,16,20H,2-7,14-15,17H2,1H3;1H,(H,2,3)/t39-;/m1./s1. The first kappa shape index (κ1) is 35.2. The molecule has 0 aromatic heterocycles. The summed E-state index contributed by atoms with van der Waals surface area (Å²) in [5.74, 6) is -0.871. The highest BCUT2D eigenvalue weighted by Gasteiger charge is 2.73. The molecule has 14 heteroatoms. The van der Waals surface area contributed by atoms with Crippen LogP contribution in [-0.4, -0.2) is 51.2 Å². The molecule has 0 unspecified atom stereocenters. The number of carboxylic acid groups (broad SMARTS) is 1. The predicted octanol–water partition coefficient (Wildman–Crippen LogP) is 7.23. The summed E-state index contributed by atoms with van der Waals surface area (Å²) in [4.78, 5) is 23.4. The average Bonchev–Trinajstić information content (AvgIpc) is 2.93. The van der Waals surface area contributed by atoms with Crippen LogP contribution in [0.2, 0.25) is 0 Å². The molecule has 42 heavy (non-hydrogen) atoms. The van der Waals surface area contributed by atoms with Crippen molar-refractivity contribution in [3.05, 3.63) is 65.0 Å². The van der Waals surface area contributed by atoms with Gasteiger partial charge in [0.2, 0.25) is 5.91 Å². The first-order valence-electron chi connectivity index (χ1n) is 13.0. The molecule has 0 aliphatic heterocycles. The van der Waals surface area contributed by atoms with Gasteiger partial charge < -0.3 is 10.0 Å². The summed E-state index contributed by atoms with van der Waals surface area (Å²) in [7, 11) is -1.55. The molecule has 1 aliphatic rings. The van der Waals surface area contributed by atoms with Crippen LogP contribution in [0.3, 0.4) is 0 Å². The summed E-state index contributed by atoms with van der Waals surface area (Å²) in [6.07, 6.45) is -8.16. The van der Waals surface area contributed by atoms with E-state index in [0.717, 1.165) is 31.4 Å². The second-order valence-electron chi connectivity index (χ2n) is 9.87. The first-order chi connectivity index (χ1) is 19.6. The molecule has 0 saturated heterocycles. The third kappa shape index (κ3) is 8.74. The number of carbonyl (C=O) groups excluding carboxylic acids is 1. The van der Waals surface area contributed by atoms with Crippen molar-refractivity contribution >= 4 is 23.2 Å². The Hall–Kier alpha value is -3.03. The summed E-state index contributed by atoms with van der Waals surface area (Å²) in [6.45, 7) is 1.32. The van der Waals surface area contributed by atoms with E-state index in [1.165, 1.54) is 17.0 Å². The maximum Gasteiger partial charge on any atom is 0.435 e. The number of hydrogen-bond acceptors (Lipinski definition) is 3. The molecule has 0 heterocycles. The van der Waals surface area contributed by atoms with Crippen molar-refractivity contribution < 1.29 is 54.0 Å². The summed E-state index contributed by atoms with van der Waals surface area (Å²) in [5, 5.41) is 6.89. The van der Waals surface area contributed by atoms with E-state index < -0.39 is 40.2 Å². The van der Waals surface area contributed by atoms with Crippen LogP contribution in [0.1, 0.15) is 55.2 Å². The molecule has 2 aromatic carbocycles. The number of nitrogens with zero attached hydrogens (tertiary/aromatic N) is 1. The van der Waals surface area contributed by atoms with Crippen LogP contribution in [0.4, 0.5) is 35.1 Å². The second-order valence-corrected chi connectivity index (χ2v) is 11.4. The molecule has 0 spiro atoms. The van der Waals surface area contributed by atoms with E-state index in [9.17, 15) is 44.1 Å². The van der Waals surface area contributed by atoms with Gasteiger partial charge in [-0.2, -0.15) is 26.3 Å². The van der Waals surface area contributed by atoms with E-state index >= 15 is 0 Å². The van der Waals surface area contributed by atoms with Gasteiger partial charge in [0.05, 0.1) is 10.8 Å². The monoisotopic (exact) mass is 629 g/mol. The van der Waals surface area contributed by atoms with Crippen molar-refractivity contribution in [1.29, 1.82) is 0 Å². The first-order valence-corrected chi connectivity index (χ1v) is 14.3. The molecule has 1 N–H and O–H groups in total. The van der Waals surface area contributed by atoms with Crippen LogP contribution < -0.4 is 0 Å². The topological polar surface area (TPSA) is 74.7 Å². The number of benzene rings is 2. The number of aryl methyl sites for hydroxylation is 1. The quantitative estimate of drug-likeness (QED) is 0.235. The van der Waals surface area contributed by atoms with Gasteiger partial charge in [-0.3, -0.25) is 13.8 Å². The number of carbonyl (C=O) groups is 2. The Morgan fingerprint density at radius 3 is 2.02 bits per heavy atom. The van der Waals surface area contributed by atoms with Crippen molar-refractivity contribution in [3.63, 3.8) is 0 Å². The number of amides is 1. The molecule has 2 aromatic rings. The van der Waals surface area contributed by atoms with Gasteiger partial charge in [0, 0.05) is 35.2 Å². The minimum Gasteiger partial charge on any atom is -0.483 e. The molecule has 5 nitrogen and oxygen atoms in total. The zero-order valence-electron chi connectivity index (χ0n) is 22.6. The lowest BCUT2D eigenvalue weighted by molar-refractivity contribution is -0.348. The Kier molecular flexibility index (Phi) is 12.5. The lowest BCUT2D eigenvalue weighted by atomic mass is 9.88. The highest BCUT2D eigenvalue weighted by Crippen LogP contribution is 2.53. The number of alkyl halides is 7. The van der Waals surface area contributed by atoms with Crippen LogP contribution in [0.25, 0.3) is 0 Å². The Balaban J connectivity index is 0.00000197. The highest BCUT2D eigenvalue weighted by atomic mass is 32.2. The summed E-state index contributed by atoms with van der Waals surface area (Å²) in [5.41, 5.74) is -6.51. The highest BCUT2D eigenvalue weighted by molar-refractivity contribution is 7.85. The molecule has 1 aliphatic carbocycles. The summed E-state index contributed by atoms with van der Waals surface area (Å²) < 4.78 is 119. The van der Waals surface area contributed by atoms with Gasteiger partial charge in [-0.25, -0.2) is 8.78 Å². The smallest absolute Gasteiger partial charge is 0.435 e. The Bertz CT molecular complexity index is 1200. The Morgan fingerprint density at radius 1 is 0.976 bits per heavy atom. The van der Waals surface area contributed by atoms with Gasteiger partial charge in [0.15, 0.2) is 0 Å². The predicted molar refractivity (Wildman–Crippen MR) is 139 cm³/mol. The Morgan fingerprint density at radius 2 is 1.52 bits per heavy atom. The average molecular weight is 630 g/mol. The van der Waals surface area contributed by atoms with Gasteiger partial charge in [0.25, 0.3) is 6.47 Å². The van der Waals surface area contributed by atoms with Crippen LogP contribution >= 0.6 is 0 Å². The van der Waals surface area contributed by atoms with Crippen molar-refractivity contribution in [3.8, 4) is 0 Å². The summed E-state index contributed by atoms with van der Waals surface area (Å²) in [6, 6.07) is 6.99. The SMILES string of the molecule is Cc1ccc([S@](=O)CCCN(Cc2ccc(C(F)(C(F)(F)F)C(F)(F)F)cc2)C(=O)C2CCCCC2)cc1F.O=CO. The van der Waals surface area contributed by atoms with E-state index in [4.69, 9.17) is 9.90 Å². The zero-order valence-corrected chi connectivity index (χ0v) is 23.4. The lowest BCUT2D eigenvalue weighted by Crippen LogP contribution is -2.50. The fourth-order valence-electron chi connectivity index (χ4n) is 4.64. The Labute approximate surface area is 240 Å². The van der Waals surface area contributed by atoms with Gasteiger partial charge in [-0.1, -0.05) is 49.6 Å². The molecule has 1 atom stereocenters. The molecule has 1 amide bonds. The van der Waals surface area contributed by atoms with E-state index in [2.05, 4.69) is 0 Å². The molecule has 0 radical (unpaired) electrons. The third-order valence-electron chi connectivity index (χ3n) is 6.94. The minimum absolute atomic E-state index is 0.109. The zero-order chi connectivity index (χ0) is 31.7. The maximum atomic E-state index is 14.4. The van der Waals surface area contributed by atoms with Gasteiger partial charge in [-0.15, -0.1) is 0 Å². The summed E-state index contributed by atoms with van der Waals surface area (Å²) >= 11 is 0. The van der Waals surface area contributed by atoms with Crippen LogP contribution in [0.5, 0.6) is 0 Å². The number of hydrogen-bond donors (Lipinski definition) is 1. The van der Waals surface area contributed by atoms with Crippen LogP contribution in [0, 0.1) is 18.7 Å². The molecular formula is C28H31F8NO4S. The van der Waals surface area contributed by atoms with Crippen molar-refractivity contribution in [2.75, 3.05) is 12.3 Å². The fourth-order valence-corrected chi connectivity index (χ4v) is 5.72. The number of rotatable bonds is 9. The van der Waals surface area contributed by atoms with Crippen molar-refractivity contribution in [2.24, 2.45) is 5.92 Å².